The molecule has 0 bridgehead atoms. The van der Waals surface area contributed by atoms with Gasteiger partial charge in [0.05, 0.1) is 32.0 Å². The van der Waals surface area contributed by atoms with Gasteiger partial charge >= 0.3 is 5.97 Å². The molecule has 0 aliphatic heterocycles. The lowest BCUT2D eigenvalue weighted by atomic mass is 10.2. The van der Waals surface area contributed by atoms with E-state index in [1.807, 2.05) is 42.6 Å². The van der Waals surface area contributed by atoms with Gasteiger partial charge in [0.15, 0.2) is 11.1 Å². The van der Waals surface area contributed by atoms with Crippen molar-refractivity contribution in [2.24, 2.45) is 4.99 Å². The first kappa shape index (κ1) is 21.5. The Balaban J connectivity index is 2.20. The number of hydrogen-bond acceptors (Lipinski definition) is 7. The lowest BCUT2D eigenvalue weighted by molar-refractivity contribution is -0.135. The summed E-state index contributed by atoms with van der Waals surface area (Å²) in [5, 5.41) is 17.4. The van der Waals surface area contributed by atoms with Gasteiger partial charge in [-0.1, -0.05) is 6.07 Å². The Bertz CT molecular complexity index is 800. The van der Waals surface area contributed by atoms with Crippen LogP contribution in [-0.2, 0) is 17.9 Å². The van der Waals surface area contributed by atoms with E-state index in [4.69, 9.17) is 14.6 Å². The van der Waals surface area contributed by atoms with E-state index in [1.165, 1.54) is 11.3 Å². The number of anilines is 1. The van der Waals surface area contributed by atoms with Crippen LogP contribution in [0.4, 0.5) is 5.13 Å². The second-order valence-corrected chi connectivity index (χ2v) is 6.92. The Labute approximate surface area is 168 Å². The van der Waals surface area contributed by atoms with Crippen LogP contribution in [0, 0.1) is 0 Å². The number of aliphatic carboxylic acids is 1. The average molecular weight is 407 g/mol. The molecule has 0 atom stereocenters. The minimum absolute atomic E-state index is 0.234. The molecule has 1 heterocycles. The number of methoxy groups -OCH3 is 2. The summed E-state index contributed by atoms with van der Waals surface area (Å²) in [6.45, 7) is 0.675. The average Bonchev–Trinajstić information content (AvgIpc) is 3.09. The molecule has 0 unspecified atom stereocenters. The molecule has 0 aliphatic rings. The molecule has 3 N–H and O–H groups in total. The van der Waals surface area contributed by atoms with E-state index in [-0.39, 0.29) is 13.1 Å². The predicted molar refractivity (Wildman–Crippen MR) is 109 cm³/mol. The van der Waals surface area contributed by atoms with Gasteiger partial charge in [-0.15, -0.1) is 11.3 Å². The van der Waals surface area contributed by atoms with Crippen molar-refractivity contribution >= 4 is 28.4 Å². The molecule has 0 spiro atoms. The van der Waals surface area contributed by atoms with Gasteiger partial charge in [-0.05, 0) is 26.2 Å². The van der Waals surface area contributed by atoms with E-state index in [0.717, 1.165) is 11.3 Å². The number of benzene rings is 1. The zero-order chi connectivity index (χ0) is 20.5. The molecule has 0 fully saturated rings. The first-order chi connectivity index (χ1) is 13.4. The van der Waals surface area contributed by atoms with E-state index in [1.54, 1.807) is 14.2 Å². The van der Waals surface area contributed by atoms with E-state index in [9.17, 15) is 4.79 Å². The number of ether oxygens (including phenoxy) is 2. The van der Waals surface area contributed by atoms with E-state index in [2.05, 4.69) is 20.6 Å². The normalized spacial score (nSPS) is 11.4. The number of carboxylic acid groups (broad SMARTS) is 1. The Morgan fingerprint density at radius 1 is 1.29 bits per heavy atom. The monoisotopic (exact) mass is 407 g/mol. The van der Waals surface area contributed by atoms with Crippen molar-refractivity contribution in [2.75, 3.05) is 40.2 Å². The smallest absolute Gasteiger partial charge is 0.322 e. The number of hydrogen-bond donors (Lipinski definition) is 3. The highest BCUT2D eigenvalue weighted by Gasteiger charge is 2.11. The molecule has 9 nitrogen and oxygen atoms in total. The molecule has 1 aromatic heterocycles. The molecular weight excluding hydrogens is 382 g/mol. The zero-order valence-electron chi connectivity index (χ0n) is 16.4. The molecule has 0 saturated carbocycles. The molecule has 0 radical (unpaired) electrons. The van der Waals surface area contributed by atoms with E-state index >= 15 is 0 Å². The van der Waals surface area contributed by atoms with Crippen molar-refractivity contribution in [2.45, 2.75) is 13.1 Å². The highest BCUT2D eigenvalue weighted by atomic mass is 32.1. The van der Waals surface area contributed by atoms with Gasteiger partial charge < -0.3 is 30.1 Å². The summed E-state index contributed by atoms with van der Waals surface area (Å²) in [5.41, 5.74) is 1.68. The van der Waals surface area contributed by atoms with Gasteiger partial charge in [-0.25, -0.2) is 9.98 Å². The number of nitrogens with one attached hydrogen (secondary N) is 2. The molecule has 1 aromatic carbocycles. The Morgan fingerprint density at radius 3 is 2.54 bits per heavy atom. The standard InChI is InChI=1S/C18H25N5O4S/c1-23(2)10-12-11-28-18(21-12)22-17(20-9-16(24)25)19-8-13-14(26-3)6-5-7-15(13)27-4/h5-7,11H,8-10H2,1-4H3,(H,24,25)(H2,19,20,21,22). The number of thiazole rings is 1. The summed E-state index contributed by atoms with van der Waals surface area (Å²) in [6, 6.07) is 5.47. The number of aliphatic imine (C=N–C) groups is 1. The van der Waals surface area contributed by atoms with Crippen molar-refractivity contribution < 1.29 is 19.4 Å². The Morgan fingerprint density at radius 2 is 1.96 bits per heavy atom. The SMILES string of the molecule is COc1cccc(OC)c1CN=C(NCC(=O)O)Nc1nc(CN(C)C)cs1. The Kier molecular flexibility index (Phi) is 8.02. The van der Waals surface area contributed by atoms with Crippen molar-refractivity contribution in [1.82, 2.24) is 15.2 Å². The van der Waals surface area contributed by atoms with Crippen molar-refractivity contribution in [3.63, 3.8) is 0 Å². The highest BCUT2D eigenvalue weighted by Crippen LogP contribution is 2.29. The molecular formula is C18H25N5O4S. The lowest BCUT2D eigenvalue weighted by Crippen LogP contribution is -2.35. The van der Waals surface area contributed by atoms with Gasteiger partial charge in [-0.2, -0.15) is 0 Å². The van der Waals surface area contributed by atoms with Crippen LogP contribution in [0.5, 0.6) is 11.5 Å². The fourth-order valence-corrected chi connectivity index (χ4v) is 3.10. The van der Waals surface area contributed by atoms with Crippen LogP contribution < -0.4 is 20.1 Å². The van der Waals surface area contributed by atoms with Crippen LogP contribution >= 0.6 is 11.3 Å². The molecule has 2 rings (SSSR count). The van der Waals surface area contributed by atoms with Gasteiger partial charge in [0.25, 0.3) is 0 Å². The topological polar surface area (TPSA) is 108 Å². The molecule has 2 aromatic rings. The van der Waals surface area contributed by atoms with Crippen molar-refractivity contribution in [1.29, 1.82) is 0 Å². The maximum absolute atomic E-state index is 11.0. The third kappa shape index (κ3) is 6.39. The molecule has 28 heavy (non-hydrogen) atoms. The number of nitrogens with zero attached hydrogens (tertiary/aromatic N) is 3. The van der Waals surface area contributed by atoms with Crippen LogP contribution in [0.1, 0.15) is 11.3 Å². The quantitative estimate of drug-likeness (QED) is 0.427. The minimum Gasteiger partial charge on any atom is -0.496 e. The molecule has 0 amide bonds. The summed E-state index contributed by atoms with van der Waals surface area (Å²) in [4.78, 5) is 21.9. The van der Waals surface area contributed by atoms with Gasteiger partial charge in [-0.3, -0.25) is 4.79 Å². The third-order valence-corrected chi connectivity index (χ3v) is 4.39. The second kappa shape index (κ2) is 10.5. The first-order valence-corrected chi connectivity index (χ1v) is 9.37. The first-order valence-electron chi connectivity index (χ1n) is 8.49. The third-order valence-electron chi connectivity index (χ3n) is 3.59. The zero-order valence-corrected chi connectivity index (χ0v) is 17.2. The number of guanidine groups is 1. The molecule has 0 aliphatic carbocycles. The minimum atomic E-state index is -0.989. The Hall–Kier alpha value is -2.85. The van der Waals surface area contributed by atoms with Crippen LogP contribution in [0.3, 0.4) is 0 Å². The summed E-state index contributed by atoms with van der Waals surface area (Å²) in [7, 11) is 7.08. The number of carboxylic acids is 1. The largest absolute Gasteiger partial charge is 0.496 e. The summed E-state index contributed by atoms with van der Waals surface area (Å²) in [6.07, 6.45) is 0. The number of rotatable bonds is 9. The van der Waals surface area contributed by atoms with Crippen LogP contribution in [-0.4, -0.2) is 61.8 Å². The fraction of sp³-hybridized carbons (Fsp3) is 0.389. The fourth-order valence-electron chi connectivity index (χ4n) is 2.40. The van der Waals surface area contributed by atoms with E-state index < -0.39 is 5.97 Å². The molecule has 152 valence electrons. The maximum Gasteiger partial charge on any atom is 0.322 e. The van der Waals surface area contributed by atoms with Crippen molar-refractivity contribution in [3.8, 4) is 11.5 Å². The molecule has 0 saturated heterocycles. The molecule has 10 heteroatoms. The van der Waals surface area contributed by atoms with Crippen LogP contribution in [0.15, 0.2) is 28.6 Å². The van der Waals surface area contributed by atoms with Crippen LogP contribution in [0.25, 0.3) is 0 Å². The summed E-state index contributed by atoms with van der Waals surface area (Å²) in [5.74, 6) is 0.601. The van der Waals surface area contributed by atoms with Gasteiger partial charge in [0, 0.05) is 11.9 Å². The second-order valence-electron chi connectivity index (χ2n) is 6.06. The highest BCUT2D eigenvalue weighted by molar-refractivity contribution is 7.13. The number of carbonyl (C=O) groups is 1. The summed E-state index contributed by atoms with van der Waals surface area (Å²) < 4.78 is 10.8. The van der Waals surface area contributed by atoms with Gasteiger partial charge in [0.1, 0.15) is 18.0 Å². The maximum atomic E-state index is 11.0. The van der Waals surface area contributed by atoms with Gasteiger partial charge in [0.2, 0.25) is 0 Å². The lowest BCUT2D eigenvalue weighted by Gasteiger charge is -2.13. The van der Waals surface area contributed by atoms with Crippen LogP contribution in [0.2, 0.25) is 0 Å². The van der Waals surface area contributed by atoms with E-state index in [0.29, 0.717) is 29.1 Å². The van der Waals surface area contributed by atoms with Crippen molar-refractivity contribution in [3.05, 3.63) is 34.8 Å². The summed E-state index contributed by atoms with van der Waals surface area (Å²) >= 11 is 1.42. The predicted octanol–water partition coefficient (Wildman–Crippen LogP) is 1.86. The number of aromatic nitrogens is 1.